The lowest BCUT2D eigenvalue weighted by atomic mass is 10.2. The number of carbonyl (C=O) groups is 2. The highest BCUT2D eigenvalue weighted by Crippen LogP contribution is 2.27. The average Bonchev–Trinajstić information content (AvgIpc) is 2.95. The summed E-state index contributed by atoms with van der Waals surface area (Å²) in [6.07, 6.45) is 1.12. The topological polar surface area (TPSA) is 100 Å². The van der Waals surface area contributed by atoms with Crippen LogP contribution in [0.15, 0.2) is 23.2 Å². The summed E-state index contributed by atoms with van der Waals surface area (Å²) in [5.74, 6) is -0.512. The highest BCUT2D eigenvalue weighted by atomic mass is 19.1. The molecule has 1 heterocycles. The van der Waals surface area contributed by atoms with Crippen molar-refractivity contribution >= 4 is 30.2 Å². The van der Waals surface area contributed by atoms with Crippen LogP contribution in [0, 0.1) is 5.82 Å². The first-order chi connectivity index (χ1) is 11.6. The molecule has 0 spiro atoms. The molecule has 1 atom stereocenters. The number of aliphatic imine (C=N–C) groups is 1. The van der Waals surface area contributed by atoms with Crippen molar-refractivity contribution < 1.29 is 18.7 Å². The molecule has 1 aliphatic rings. The van der Waals surface area contributed by atoms with Crippen molar-refractivity contribution in [3.63, 3.8) is 0 Å². The number of benzene rings is 1. The first-order valence-corrected chi connectivity index (χ1v) is 7.44. The van der Waals surface area contributed by atoms with Gasteiger partial charge in [0.2, 0.25) is 6.41 Å². The van der Waals surface area contributed by atoms with Crippen molar-refractivity contribution in [2.75, 3.05) is 43.0 Å². The van der Waals surface area contributed by atoms with Crippen LogP contribution in [-0.2, 0) is 9.53 Å². The summed E-state index contributed by atoms with van der Waals surface area (Å²) in [7, 11) is 1.57. The lowest BCUT2D eigenvalue weighted by Gasteiger charge is -2.21. The number of nitrogens with zero attached hydrogens (tertiary/aromatic N) is 3. The second-order valence-corrected chi connectivity index (χ2v) is 5.13. The van der Waals surface area contributed by atoms with E-state index in [1.165, 1.54) is 17.3 Å². The van der Waals surface area contributed by atoms with Gasteiger partial charge >= 0.3 is 6.09 Å². The number of ether oxygens (including phenoxy) is 1. The van der Waals surface area contributed by atoms with E-state index in [0.717, 1.165) is 0 Å². The zero-order valence-electron chi connectivity index (χ0n) is 13.3. The predicted octanol–water partition coefficient (Wildman–Crippen LogP) is 0.320. The number of cyclic esters (lactones) is 1. The maximum atomic E-state index is 14.5. The molecule has 24 heavy (non-hydrogen) atoms. The molecule has 130 valence electrons. The molecule has 3 N–H and O–H groups in total. The Morgan fingerprint density at radius 1 is 1.58 bits per heavy atom. The molecule has 1 aromatic carbocycles. The minimum Gasteiger partial charge on any atom is -0.443 e. The maximum Gasteiger partial charge on any atom is 0.414 e. The molecule has 1 unspecified atom stereocenters. The second kappa shape index (κ2) is 8.25. The van der Waals surface area contributed by atoms with Crippen LogP contribution >= 0.6 is 0 Å². The van der Waals surface area contributed by atoms with E-state index >= 15 is 0 Å². The fourth-order valence-electron chi connectivity index (χ4n) is 2.38. The number of anilines is 2. The van der Waals surface area contributed by atoms with Gasteiger partial charge in [-0.2, -0.15) is 0 Å². The van der Waals surface area contributed by atoms with Gasteiger partial charge in [0.25, 0.3) is 0 Å². The number of nitrogens with two attached hydrogens (primary N) is 1. The van der Waals surface area contributed by atoms with Gasteiger partial charge in [0.1, 0.15) is 11.9 Å². The van der Waals surface area contributed by atoms with Crippen molar-refractivity contribution in [2.24, 2.45) is 10.7 Å². The van der Waals surface area contributed by atoms with Gasteiger partial charge in [-0.3, -0.25) is 14.7 Å². The SMILES string of the molecule is CN=CN(CCNC=O)c1ccc(N2CC(CN)OC2=O)cc1F. The lowest BCUT2D eigenvalue weighted by molar-refractivity contribution is -0.109. The van der Waals surface area contributed by atoms with Crippen LogP contribution in [0.25, 0.3) is 0 Å². The molecular weight excluding hydrogens is 317 g/mol. The van der Waals surface area contributed by atoms with Crippen LogP contribution in [0.4, 0.5) is 20.6 Å². The van der Waals surface area contributed by atoms with Gasteiger partial charge in [0, 0.05) is 26.7 Å². The number of hydrogen-bond acceptors (Lipinski definition) is 5. The highest BCUT2D eigenvalue weighted by Gasteiger charge is 2.31. The smallest absolute Gasteiger partial charge is 0.414 e. The van der Waals surface area contributed by atoms with E-state index in [2.05, 4.69) is 10.3 Å². The molecule has 0 aromatic heterocycles. The number of halogens is 1. The zero-order valence-corrected chi connectivity index (χ0v) is 13.3. The van der Waals surface area contributed by atoms with Gasteiger partial charge in [-0.1, -0.05) is 0 Å². The number of rotatable bonds is 8. The van der Waals surface area contributed by atoms with E-state index in [9.17, 15) is 14.0 Å². The average molecular weight is 337 g/mol. The van der Waals surface area contributed by atoms with E-state index in [4.69, 9.17) is 10.5 Å². The van der Waals surface area contributed by atoms with E-state index in [1.54, 1.807) is 24.1 Å². The van der Waals surface area contributed by atoms with Crippen molar-refractivity contribution in [2.45, 2.75) is 6.10 Å². The van der Waals surface area contributed by atoms with Crippen molar-refractivity contribution in [3.8, 4) is 0 Å². The van der Waals surface area contributed by atoms with E-state index in [-0.39, 0.29) is 13.1 Å². The van der Waals surface area contributed by atoms with Crippen LogP contribution < -0.4 is 20.9 Å². The number of hydrogen-bond donors (Lipinski definition) is 2. The molecule has 0 bridgehead atoms. The minimum absolute atomic E-state index is 0.216. The van der Waals surface area contributed by atoms with Gasteiger partial charge < -0.3 is 20.7 Å². The van der Waals surface area contributed by atoms with Gasteiger partial charge in [0.05, 0.1) is 24.3 Å². The summed E-state index contributed by atoms with van der Waals surface area (Å²) in [5.41, 5.74) is 6.18. The first-order valence-electron chi connectivity index (χ1n) is 7.44. The molecule has 0 saturated carbocycles. The summed E-state index contributed by atoms with van der Waals surface area (Å²) in [6, 6.07) is 4.44. The molecule has 1 saturated heterocycles. The fraction of sp³-hybridized carbons (Fsp3) is 0.400. The van der Waals surface area contributed by atoms with Crippen molar-refractivity contribution in [3.05, 3.63) is 24.0 Å². The maximum absolute atomic E-state index is 14.5. The van der Waals surface area contributed by atoms with Gasteiger partial charge in [0.15, 0.2) is 0 Å². The molecule has 9 heteroatoms. The van der Waals surface area contributed by atoms with Crippen LogP contribution in [0.3, 0.4) is 0 Å². The Morgan fingerprint density at radius 3 is 2.96 bits per heavy atom. The molecule has 8 nitrogen and oxygen atoms in total. The van der Waals surface area contributed by atoms with Crippen LogP contribution in [0.2, 0.25) is 0 Å². The molecule has 2 amide bonds. The predicted molar refractivity (Wildman–Crippen MR) is 88.9 cm³/mol. The van der Waals surface area contributed by atoms with Crippen molar-refractivity contribution in [1.29, 1.82) is 0 Å². The third-order valence-corrected chi connectivity index (χ3v) is 3.52. The summed E-state index contributed by atoms with van der Waals surface area (Å²) >= 11 is 0. The minimum atomic E-state index is -0.542. The summed E-state index contributed by atoms with van der Waals surface area (Å²) < 4.78 is 19.6. The Kier molecular flexibility index (Phi) is 6.07. The Morgan fingerprint density at radius 2 is 2.38 bits per heavy atom. The number of amides is 2. The first kappa shape index (κ1) is 17.7. The second-order valence-electron chi connectivity index (χ2n) is 5.13. The molecule has 1 aromatic rings. The molecule has 1 aliphatic heterocycles. The molecule has 0 aliphatic carbocycles. The van der Waals surface area contributed by atoms with Crippen molar-refractivity contribution in [1.82, 2.24) is 5.32 Å². The molecule has 2 rings (SSSR count). The number of carbonyl (C=O) groups excluding carboxylic acids is 2. The fourth-order valence-corrected chi connectivity index (χ4v) is 2.38. The van der Waals surface area contributed by atoms with Gasteiger partial charge in [-0.25, -0.2) is 9.18 Å². The highest BCUT2D eigenvalue weighted by molar-refractivity contribution is 5.90. The monoisotopic (exact) mass is 337 g/mol. The number of nitrogens with one attached hydrogen (secondary N) is 1. The van der Waals surface area contributed by atoms with Crippen LogP contribution in [0.5, 0.6) is 0 Å². The van der Waals surface area contributed by atoms with Gasteiger partial charge in [-0.15, -0.1) is 0 Å². The van der Waals surface area contributed by atoms with Crippen LogP contribution in [0.1, 0.15) is 0 Å². The summed E-state index contributed by atoms with van der Waals surface area (Å²) in [6.45, 7) is 1.20. The zero-order chi connectivity index (χ0) is 17.5. The van der Waals surface area contributed by atoms with E-state index in [1.807, 2.05) is 0 Å². The molecule has 1 fully saturated rings. The van der Waals surface area contributed by atoms with Crippen LogP contribution in [-0.4, -0.2) is 58.2 Å². The normalized spacial score (nSPS) is 17.2. The van der Waals surface area contributed by atoms with E-state index < -0.39 is 18.0 Å². The quantitative estimate of drug-likeness (QED) is 0.308. The standard InChI is InChI=1S/C15H20FN5O3/c1-18-9-20(5-4-19-10-22)14-3-2-11(6-13(14)16)21-8-12(7-17)24-15(21)23/h2-3,6,9-10,12H,4-5,7-8,17H2,1H3,(H,19,22). The largest absolute Gasteiger partial charge is 0.443 e. The Labute approximate surface area is 139 Å². The Balaban J connectivity index is 2.18. The summed E-state index contributed by atoms with van der Waals surface area (Å²) in [5, 5.41) is 2.51. The summed E-state index contributed by atoms with van der Waals surface area (Å²) in [4.78, 5) is 28.9. The third kappa shape index (κ3) is 3.99. The Bertz CT molecular complexity index is 625. The molecular formula is C15H20FN5O3. The Hall–Kier alpha value is -2.68. The lowest BCUT2D eigenvalue weighted by Crippen LogP contribution is -2.31. The van der Waals surface area contributed by atoms with Gasteiger partial charge in [-0.05, 0) is 18.2 Å². The van der Waals surface area contributed by atoms with E-state index in [0.29, 0.717) is 30.9 Å². The molecule has 0 radical (unpaired) electrons. The third-order valence-electron chi connectivity index (χ3n) is 3.52.